The first kappa shape index (κ1) is 13.7. The summed E-state index contributed by atoms with van der Waals surface area (Å²) in [6.07, 6.45) is 10.4. The predicted molar refractivity (Wildman–Crippen MR) is 86.0 cm³/mol. The van der Waals surface area contributed by atoms with Crippen molar-refractivity contribution in [2.24, 2.45) is 17.3 Å². The van der Waals surface area contributed by atoms with Gasteiger partial charge in [-0.3, -0.25) is 0 Å². The molecule has 2 unspecified atom stereocenters. The molecule has 3 rings (SSSR count). The van der Waals surface area contributed by atoms with E-state index in [1.165, 1.54) is 24.8 Å². The first-order chi connectivity index (χ1) is 9.66. The highest BCUT2D eigenvalue weighted by Crippen LogP contribution is 2.64. The van der Waals surface area contributed by atoms with Crippen molar-refractivity contribution in [2.75, 3.05) is 0 Å². The van der Waals surface area contributed by atoms with Crippen LogP contribution in [0.4, 0.5) is 0 Å². The molecule has 2 aliphatic rings. The minimum Gasteiger partial charge on any atom is -0.0991 e. The number of hydrogen-bond acceptors (Lipinski definition) is 0. The maximum Gasteiger partial charge on any atom is 0.0149 e. The summed E-state index contributed by atoms with van der Waals surface area (Å²) >= 11 is 0. The Morgan fingerprint density at radius 3 is 2.50 bits per heavy atom. The van der Waals surface area contributed by atoms with Crippen molar-refractivity contribution >= 4 is 0 Å². The molecule has 0 aromatic heterocycles. The molecule has 0 nitrogen and oxygen atoms in total. The maximum absolute atomic E-state index is 3.83. The summed E-state index contributed by atoms with van der Waals surface area (Å²) in [7, 11) is 0. The molecule has 1 aromatic carbocycles. The van der Waals surface area contributed by atoms with E-state index in [2.05, 4.69) is 62.9 Å². The lowest BCUT2D eigenvalue weighted by Crippen LogP contribution is -2.25. The van der Waals surface area contributed by atoms with E-state index in [0.717, 1.165) is 11.8 Å². The van der Waals surface area contributed by atoms with Crippen LogP contribution in [0.1, 0.15) is 38.7 Å². The Bertz CT molecular complexity index is 494. The topological polar surface area (TPSA) is 0 Å². The van der Waals surface area contributed by atoms with Crippen molar-refractivity contribution in [2.45, 2.75) is 33.1 Å². The van der Waals surface area contributed by atoms with Gasteiger partial charge in [0.25, 0.3) is 0 Å². The molecule has 0 N–H and O–H groups in total. The Morgan fingerprint density at radius 2 is 1.80 bits per heavy atom. The lowest BCUT2D eigenvalue weighted by atomic mass is 9.70. The average Bonchev–Trinajstić information content (AvgIpc) is 2.95. The summed E-state index contributed by atoms with van der Waals surface area (Å²) in [5, 5.41) is 0. The smallest absolute Gasteiger partial charge is 0.0149 e. The molecule has 0 aliphatic heterocycles. The minimum atomic E-state index is 0.177. The second kappa shape index (κ2) is 5.24. The third-order valence-corrected chi connectivity index (χ3v) is 5.18. The van der Waals surface area contributed by atoms with Crippen LogP contribution in [0.15, 0.2) is 55.1 Å². The van der Waals surface area contributed by atoms with E-state index < -0.39 is 0 Å². The molecule has 1 aromatic rings. The van der Waals surface area contributed by atoms with E-state index in [4.69, 9.17) is 0 Å². The van der Waals surface area contributed by atoms with E-state index in [-0.39, 0.29) is 5.41 Å². The van der Waals surface area contributed by atoms with E-state index >= 15 is 0 Å². The fourth-order valence-corrected chi connectivity index (χ4v) is 4.46. The molecule has 2 fully saturated rings. The van der Waals surface area contributed by atoms with Crippen molar-refractivity contribution < 1.29 is 0 Å². The highest BCUT2D eigenvalue weighted by molar-refractivity contribution is 5.48. The van der Waals surface area contributed by atoms with Gasteiger partial charge in [-0.25, -0.2) is 0 Å². The van der Waals surface area contributed by atoms with Crippen molar-refractivity contribution in [3.8, 4) is 0 Å². The first-order valence-electron chi connectivity index (χ1n) is 7.75. The van der Waals surface area contributed by atoms with Crippen molar-refractivity contribution in [3.05, 3.63) is 72.5 Å². The molecule has 20 heavy (non-hydrogen) atoms. The zero-order chi connectivity index (χ0) is 14.2. The second-order valence-corrected chi connectivity index (χ2v) is 6.60. The van der Waals surface area contributed by atoms with Crippen molar-refractivity contribution in [1.29, 1.82) is 0 Å². The van der Waals surface area contributed by atoms with Gasteiger partial charge in [0.1, 0.15) is 0 Å². The van der Waals surface area contributed by atoms with Gasteiger partial charge in [0.2, 0.25) is 0 Å². The van der Waals surface area contributed by atoms with Gasteiger partial charge in [-0.05, 0) is 35.7 Å². The Labute approximate surface area is 123 Å². The van der Waals surface area contributed by atoms with Crippen LogP contribution in [-0.4, -0.2) is 0 Å². The molecule has 2 saturated carbocycles. The fourth-order valence-electron chi connectivity index (χ4n) is 4.46. The van der Waals surface area contributed by atoms with Crippen LogP contribution in [-0.2, 0) is 0 Å². The van der Waals surface area contributed by atoms with E-state index in [0.29, 0.717) is 0 Å². The number of rotatable bonds is 3. The molecule has 0 heterocycles. The number of benzene rings is 1. The molecular weight excluding hydrogens is 240 g/mol. The van der Waals surface area contributed by atoms with E-state index in [9.17, 15) is 0 Å². The monoisotopic (exact) mass is 264 g/mol. The average molecular weight is 264 g/mol. The molecule has 2 radical (unpaired) electrons. The first-order valence-corrected chi connectivity index (χ1v) is 7.75. The molecule has 0 spiro atoms. The Hall–Kier alpha value is -1.30. The van der Waals surface area contributed by atoms with Gasteiger partial charge in [0.15, 0.2) is 0 Å². The van der Waals surface area contributed by atoms with Crippen molar-refractivity contribution in [1.82, 2.24) is 0 Å². The van der Waals surface area contributed by atoms with Gasteiger partial charge in [-0.2, -0.15) is 0 Å². The van der Waals surface area contributed by atoms with Gasteiger partial charge in [0, 0.05) is 11.8 Å². The van der Waals surface area contributed by atoms with Crippen LogP contribution in [0.25, 0.3) is 0 Å². The van der Waals surface area contributed by atoms with Crippen LogP contribution in [0.3, 0.4) is 0 Å². The van der Waals surface area contributed by atoms with Crippen LogP contribution >= 0.6 is 0 Å². The molecule has 0 saturated heterocycles. The van der Waals surface area contributed by atoms with Crippen LogP contribution in [0.2, 0.25) is 0 Å². The number of allylic oxidation sites excluding steroid dienone is 3. The summed E-state index contributed by atoms with van der Waals surface area (Å²) in [6, 6.07) is 11.0. The van der Waals surface area contributed by atoms with Gasteiger partial charge in [-0.15, -0.1) is 0 Å². The molecule has 2 aliphatic carbocycles. The Morgan fingerprint density at radius 1 is 1.10 bits per heavy atom. The normalized spacial score (nSPS) is 29.9. The SMILES string of the molecule is C=C/C=C/[C]1C2CCCC2[C](c2ccccc2)C1(C)C. The quantitative estimate of drug-likeness (QED) is 0.643. The molecule has 104 valence electrons. The fraction of sp³-hybridized carbons (Fsp3) is 0.400. The van der Waals surface area contributed by atoms with Crippen LogP contribution < -0.4 is 0 Å². The third kappa shape index (κ3) is 2.06. The highest BCUT2D eigenvalue weighted by atomic mass is 14.6. The summed E-state index contributed by atoms with van der Waals surface area (Å²) in [6.45, 7) is 8.62. The summed E-state index contributed by atoms with van der Waals surface area (Å²) in [5.41, 5.74) is 1.62. The van der Waals surface area contributed by atoms with Gasteiger partial charge < -0.3 is 0 Å². The van der Waals surface area contributed by atoms with Gasteiger partial charge >= 0.3 is 0 Å². The largest absolute Gasteiger partial charge is 0.0991 e. The molecule has 2 atom stereocenters. The van der Waals surface area contributed by atoms with E-state index in [1.54, 1.807) is 11.8 Å². The molecule has 0 bridgehead atoms. The Kier molecular flexibility index (Phi) is 3.58. The summed E-state index contributed by atoms with van der Waals surface area (Å²) in [4.78, 5) is 0. The standard InChI is InChI=1S/C20H24/c1-4-5-14-18-16-12-9-13-17(16)19(20(18,2)3)15-10-7-6-8-11-15/h4-8,10-11,14,16-17H,1,9,12-13H2,2-3H3/b14-5+. The predicted octanol–water partition coefficient (Wildman–Crippen LogP) is 5.38. The zero-order valence-electron chi connectivity index (χ0n) is 12.6. The van der Waals surface area contributed by atoms with Crippen LogP contribution in [0.5, 0.6) is 0 Å². The zero-order valence-corrected chi connectivity index (χ0v) is 12.6. The maximum atomic E-state index is 3.83. The Balaban J connectivity index is 2.01. The molecule has 0 heteroatoms. The second-order valence-electron chi connectivity index (χ2n) is 6.60. The third-order valence-electron chi connectivity index (χ3n) is 5.18. The van der Waals surface area contributed by atoms with Crippen LogP contribution in [0, 0.1) is 29.1 Å². The van der Waals surface area contributed by atoms with Gasteiger partial charge in [-0.1, -0.05) is 75.4 Å². The number of hydrogen-bond donors (Lipinski definition) is 0. The van der Waals surface area contributed by atoms with E-state index in [1.807, 2.05) is 6.08 Å². The molecular formula is C20H24. The number of fused-ring (bicyclic) bond motifs is 1. The highest BCUT2D eigenvalue weighted by Gasteiger charge is 2.56. The summed E-state index contributed by atoms with van der Waals surface area (Å²) < 4.78 is 0. The van der Waals surface area contributed by atoms with Gasteiger partial charge in [0.05, 0.1) is 0 Å². The minimum absolute atomic E-state index is 0.177. The van der Waals surface area contributed by atoms with Crippen molar-refractivity contribution in [3.63, 3.8) is 0 Å². The lowest BCUT2D eigenvalue weighted by Gasteiger charge is -2.33. The molecule has 0 amide bonds. The summed E-state index contributed by atoms with van der Waals surface area (Å²) in [5.74, 6) is 4.76. The lowest BCUT2D eigenvalue weighted by molar-refractivity contribution is 0.441.